The Balaban J connectivity index is 1.75. The molecule has 3 rings (SSSR count). The van der Waals surface area contributed by atoms with Crippen LogP contribution in [0.1, 0.15) is 16.1 Å². The molecule has 0 unspecified atom stereocenters. The van der Waals surface area contributed by atoms with E-state index in [9.17, 15) is 13.6 Å². The number of amides is 1. The van der Waals surface area contributed by atoms with Gasteiger partial charge in [0, 0.05) is 21.5 Å². The third-order valence-electron chi connectivity index (χ3n) is 3.18. The summed E-state index contributed by atoms with van der Waals surface area (Å²) in [5.41, 5.74) is 3.21. The standard InChI is InChI=1S/C16H10ClF2N3O/c17-11-4-5-13-10(6-11)7-14(21-13)16(23)22-20-8-9-2-1-3-12(18)15(9)19/h1-8,21H,(H,22,23). The fourth-order valence-electron chi connectivity index (χ4n) is 2.07. The van der Waals surface area contributed by atoms with Crippen LogP contribution in [-0.4, -0.2) is 17.1 Å². The van der Waals surface area contributed by atoms with Crippen molar-refractivity contribution in [2.75, 3.05) is 0 Å². The lowest BCUT2D eigenvalue weighted by molar-refractivity contribution is 0.0951. The van der Waals surface area contributed by atoms with Crippen LogP contribution < -0.4 is 5.43 Å². The summed E-state index contributed by atoms with van der Waals surface area (Å²) in [6, 6.07) is 10.5. The van der Waals surface area contributed by atoms with Gasteiger partial charge >= 0.3 is 0 Å². The molecular weight excluding hydrogens is 324 g/mol. The van der Waals surface area contributed by atoms with Crippen LogP contribution in [0, 0.1) is 11.6 Å². The van der Waals surface area contributed by atoms with Crippen molar-refractivity contribution in [3.8, 4) is 0 Å². The molecule has 23 heavy (non-hydrogen) atoms. The quantitative estimate of drug-likeness (QED) is 0.555. The average Bonchev–Trinajstić information content (AvgIpc) is 2.94. The maximum atomic E-state index is 13.4. The highest BCUT2D eigenvalue weighted by molar-refractivity contribution is 6.31. The number of H-pyrrole nitrogens is 1. The zero-order valence-corrected chi connectivity index (χ0v) is 12.4. The van der Waals surface area contributed by atoms with E-state index in [2.05, 4.69) is 15.5 Å². The minimum atomic E-state index is -1.02. The molecule has 0 radical (unpaired) electrons. The summed E-state index contributed by atoms with van der Waals surface area (Å²) in [5, 5.41) is 4.97. The average molecular weight is 334 g/mol. The number of halogens is 3. The van der Waals surface area contributed by atoms with Gasteiger partial charge in [-0.05, 0) is 30.3 Å². The predicted molar refractivity (Wildman–Crippen MR) is 84.7 cm³/mol. The summed E-state index contributed by atoms with van der Waals surface area (Å²) in [4.78, 5) is 14.9. The zero-order chi connectivity index (χ0) is 16.4. The smallest absolute Gasteiger partial charge is 0.287 e. The fraction of sp³-hybridized carbons (Fsp3) is 0. The number of hydrazone groups is 1. The lowest BCUT2D eigenvalue weighted by Gasteiger charge is -1.98. The van der Waals surface area contributed by atoms with Crippen LogP contribution in [0.3, 0.4) is 0 Å². The monoisotopic (exact) mass is 333 g/mol. The lowest BCUT2D eigenvalue weighted by atomic mass is 10.2. The zero-order valence-electron chi connectivity index (χ0n) is 11.6. The molecule has 0 aliphatic heterocycles. The number of benzene rings is 2. The highest BCUT2D eigenvalue weighted by Crippen LogP contribution is 2.20. The van der Waals surface area contributed by atoms with Gasteiger partial charge in [-0.1, -0.05) is 23.7 Å². The first-order chi connectivity index (χ1) is 11.0. The van der Waals surface area contributed by atoms with Crippen LogP contribution in [0.5, 0.6) is 0 Å². The van der Waals surface area contributed by atoms with E-state index in [-0.39, 0.29) is 11.3 Å². The summed E-state index contributed by atoms with van der Waals surface area (Å²) in [5.74, 6) is -2.51. The molecule has 0 spiro atoms. The Morgan fingerprint density at radius 2 is 2.04 bits per heavy atom. The molecule has 0 fully saturated rings. The molecule has 1 amide bonds. The van der Waals surface area contributed by atoms with E-state index in [1.165, 1.54) is 12.1 Å². The summed E-state index contributed by atoms with van der Waals surface area (Å²) in [6.45, 7) is 0. The molecule has 1 aromatic heterocycles. The van der Waals surface area contributed by atoms with Crippen molar-refractivity contribution in [1.82, 2.24) is 10.4 Å². The van der Waals surface area contributed by atoms with Crippen LogP contribution in [0.25, 0.3) is 10.9 Å². The van der Waals surface area contributed by atoms with Crippen LogP contribution in [0.4, 0.5) is 8.78 Å². The fourth-order valence-corrected chi connectivity index (χ4v) is 2.25. The van der Waals surface area contributed by atoms with Crippen molar-refractivity contribution < 1.29 is 13.6 Å². The van der Waals surface area contributed by atoms with Gasteiger partial charge in [0.05, 0.1) is 6.21 Å². The van der Waals surface area contributed by atoms with E-state index in [0.717, 1.165) is 23.2 Å². The second-order valence-corrected chi connectivity index (χ2v) is 5.19. The molecule has 0 saturated heterocycles. The summed E-state index contributed by atoms with van der Waals surface area (Å²) >= 11 is 5.88. The number of nitrogens with zero attached hydrogens (tertiary/aromatic N) is 1. The van der Waals surface area contributed by atoms with Crippen LogP contribution >= 0.6 is 11.6 Å². The number of carbonyl (C=O) groups excluding carboxylic acids is 1. The second kappa shape index (κ2) is 6.18. The summed E-state index contributed by atoms with van der Waals surface area (Å²) in [6.07, 6.45) is 1.04. The largest absolute Gasteiger partial charge is 0.350 e. The molecule has 2 N–H and O–H groups in total. The third-order valence-corrected chi connectivity index (χ3v) is 3.41. The van der Waals surface area contributed by atoms with Gasteiger partial charge < -0.3 is 4.98 Å². The third kappa shape index (κ3) is 3.22. The van der Waals surface area contributed by atoms with Crippen LogP contribution in [0.15, 0.2) is 47.6 Å². The molecule has 3 aromatic rings. The van der Waals surface area contributed by atoms with E-state index in [4.69, 9.17) is 11.6 Å². The number of carbonyl (C=O) groups is 1. The Kier molecular flexibility index (Phi) is 4.08. The van der Waals surface area contributed by atoms with E-state index in [0.29, 0.717) is 5.02 Å². The Morgan fingerprint density at radius 1 is 1.22 bits per heavy atom. The molecule has 1 heterocycles. The van der Waals surface area contributed by atoms with Gasteiger partial charge in [0.15, 0.2) is 11.6 Å². The molecule has 0 bridgehead atoms. The van der Waals surface area contributed by atoms with E-state index in [1.807, 2.05) is 0 Å². The van der Waals surface area contributed by atoms with E-state index >= 15 is 0 Å². The molecule has 0 atom stereocenters. The first-order valence-electron chi connectivity index (χ1n) is 6.60. The van der Waals surface area contributed by atoms with Crippen molar-refractivity contribution in [1.29, 1.82) is 0 Å². The number of aromatic nitrogens is 1. The van der Waals surface area contributed by atoms with E-state index in [1.54, 1.807) is 24.3 Å². The minimum absolute atomic E-state index is 0.0614. The molecule has 4 nitrogen and oxygen atoms in total. The molecule has 7 heteroatoms. The Bertz CT molecular complexity index is 921. The SMILES string of the molecule is O=C(NN=Cc1cccc(F)c1F)c1cc2cc(Cl)ccc2[nH]1. The molecule has 0 saturated carbocycles. The van der Waals surface area contributed by atoms with Crippen molar-refractivity contribution in [3.05, 3.63) is 70.4 Å². The van der Waals surface area contributed by atoms with Crippen LogP contribution in [-0.2, 0) is 0 Å². The highest BCUT2D eigenvalue weighted by Gasteiger charge is 2.09. The number of rotatable bonds is 3. The number of hydrogen-bond donors (Lipinski definition) is 2. The van der Waals surface area contributed by atoms with E-state index < -0.39 is 17.5 Å². The molecule has 0 aliphatic rings. The van der Waals surface area contributed by atoms with Gasteiger partial charge in [0.1, 0.15) is 5.69 Å². The topological polar surface area (TPSA) is 57.2 Å². The van der Waals surface area contributed by atoms with Gasteiger partial charge in [-0.25, -0.2) is 14.2 Å². The molecule has 0 aliphatic carbocycles. The molecule has 2 aromatic carbocycles. The number of fused-ring (bicyclic) bond motifs is 1. The Hall–Kier alpha value is -2.73. The van der Waals surface area contributed by atoms with Gasteiger partial charge in [-0.2, -0.15) is 5.10 Å². The second-order valence-electron chi connectivity index (χ2n) is 4.76. The first kappa shape index (κ1) is 15.2. The normalized spacial score (nSPS) is 11.3. The number of nitrogens with one attached hydrogen (secondary N) is 2. The number of hydrogen-bond acceptors (Lipinski definition) is 2. The van der Waals surface area contributed by atoms with Crippen molar-refractivity contribution >= 4 is 34.6 Å². The Labute approximate surface area is 134 Å². The van der Waals surface area contributed by atoms with Gasteiger partial charge in [0.2, 0.25) is 0 Å². The van der Waals surface area contributed by atoms with Crippen molar-refractivity contribution in [2.24, 2.45) is 5.10 Å². The maximum Gasteiger partial charge on any atom is 0.287 e. The summed E-state index contributed by atoms with van der Waals surface area (Å²) in [7, 11) is 0. The number of aromatic amines is 1. The van der Waals surface area contributed by atoms with Crippen LogP contribution in [0.2, 0.25) is 5.02 Å². The highest BCUT2D eigenvalue weighted by atomic mass is 35.5. The first-order valence-corrected chi connectivity index (χ1v) is 6.98. The Morgan fingerprint density at radius 3 is 2.87 bits per heavy atom. The van der Waals surface area contributed by atoms with Gasteiger partial charge in [-0.15, -0.1) is 0 Å². The minimum Gasteiger partial charge on any atom is -0.350 e. The molecule has 116 valence electrons. The maximum absolute atomic E-state index is 13.4. The summed E-state index contributed by atoms with van der Waals surface area (Å²) < 4.78 is 26.5. The van der Waals surface area contributed by atoms with Gasteiger partial charge in [0.25, 0.3) is 5.91 Å². The van der Waals surface area contributed by atoms with Crippen molar-refractivity contribution in [2.45, 2.75) is 0 Å². The predicted octanol–water partition coefficient (Wildman–Crippen LogP) is 3.86. The molecular formula is C16H10ClF2N3O. The van der Waals surface area contributed by atoms with Crippen molar-refractivity contribution in [3.63, 3.8) is 0 Å². The lowest BCUT2D eigenvalue weighted by Crippen LogP contribution is -2.18. The van der Waals surface area contributed by atoms with Gasteiger partial charge in [-0.3, -0.25) is 4.79 Å².